The predicted molar refractivity (Wildman–Crippen MR) is 89.9 cm³/mol. The van der Waals surface area contributed by atoms with Gasteiger partial charge in [-0.1, -0.05) is 6.07 Å². The fourth-order valence-electron chi connectivity index (χ4n) is 3.26. The highest BCUT2D eigenvalue weighted by molar-refractivity contribution is 5.49. The van der Waals surface area contributed by atoms with Crippen molar-refractivity contribution in [3.05, 3.63) is 48.3 Å². The van der Waals surface area contributed by atoms with Gasteiger partial charge in [0.2, 0.25) is 0 Å². The van der Waals surface area contributed by atoms with Crippen molar-refractivity contribution in [2.45, 2.75) is 38.1 Å². The summed E-state index contributed by atoms with van der Waals surface area (Å²) in [6.45, 7) is 1.83. The van der Waals surface area contributed by atoms with E-state index in [1.54, 1.807) is 31.5 Å². The van der Waals surface area contributed by atoms with E-state index >= 15 is 0 Å². The van der Waals surface area contributed by atoms with Crippen LogP contribution < -0.4 is 9.64 Å². The number of pyridine rings is 1. The molecule has 128 valence electrons. The second kappa shape index (κ2) is 6.67. The van der Waals surface area contributed by atoms with Gasteiger partial charge in [-0.15, -0.1) is 0 Å². The molecule has 1 unspecified atom stereocenters. The first-order valence-corrected chi connectivity index (χ1v) is 7.99. The molecule has 0 bridgehead atoms. The highest BCUT2D eigenvalue weighted by atomic mass is 16.5. The van der Waals surface area contributed by atoms with Gasteiger partial charge >= 0.3 is 0 Å². The standard InChI is InChI=1S/C18H22N2O4/c1-18(23)8-7-14(20(18)13-4-3-9-19-10-13)12-24-17-6-2-5-16(22)15(17)11-21/h2-6,9-10,14,21-23H,7-8,11-12H2,1H3/t14-,18?/m0/s1. The Labute approximate surface area is 141 Å². The Morgan fingerprint density at radius 3 is 2.88 bits per heavy atom. The predicted octanol–water partition coefficient (Wildman–Crippen LogP) is 2.04. The van der Waals surface area contributed by atoms with Crippen LogP contribution in [0.15, 0.2) is 42.7 Å². The summed E-state index contributed by atoms with van der Waals surface area (Å²) in [5.41, 5.74) is 0.248. The Bertz CT molecular complexity index is 691. The third-order valence-electron chi connectivity index (χ3n) is 4.46. The van der Waals surface area contributed by atoms with Crippen LogP contribution >= 0.6 is 0 Å². The molecule has 0 radical (unpaired) electrons. The van der Waals surface area contributed by atoms with E-state index in [2.05, 4.69) is 4.98 Å². The second-order valence-electron chi connectivity index (χ2n) is 6.21. The zero-order chi connectivity index (χ0) is 17.2. The minimum atomic E-state index is -0.963. The van der Waals surface area contributed by atoms with Crippen LogP contribution in [0.2, 0.25) is 0 Å². The van der Waals surface area contributed by atoms with Crippen molar-refractivity contribution in [1.82, 2.24) is 4.98 Å². The largest absolute Gasteiger partial charge is 0.507 e. The maximum Gasteiger partial charge on any atom is 0.135 e. The lowest BCUT2D eigenvalue weighted by Gasteiger charge is -2.36. The molecule has 0 amide bonds. The average Bonchev–Trinajstić information content (AvgIpc) is 2.88. The van der Waals surface area contributed by atoms with Crippen molar-refractivity contribution < 1.29 is 20.1 Å². The zero-order valence-corrected chi connectivity index (χ0v) is 13.6. The van der Waals surface area contributed by atoms with E-state index < -0.39 is 5.72 Å². The summed E-state index contributed by atoms with van der Waals surface area (Å²) >= 11 is 0. The molecule has 1 aliphatic heterocycles. The van der Waals surface area contributed by atoms with Crippen LogP contribution in [0, 0.1) is 0 Å². The van der Waals surface area contributed by atoms with Gasteiger partial charge in [0.05, 0.1) is 30.1 Å². The van der Waals surface area contributed by atoms with Crippen LogP contribution in [0.4, 0.5) is 5.69 Å². The summed E-state index contributed by atoms with van der Waals surface area (Å²) in [4.78, 5) is 6.04. The van der Waals surface area contributed by atoms with E-state index in [0.29, 0.717) is 24.3 Å². The van der Waals surface area contributed by atoms with E-state index in [1.807, 2.05) is 17.0 Å². The number of hydrogen-bond acceptors (Lipinski definition) is 6. The molecule has 2 heterocycles. The minimum Gasteiger partial charge on any atom is -0.507 e. The summed E-state index contributed by atoms with van der Waals surface area (Å²) in [5.74, 6) is 0.465. The summed E-state index contributed by atoms with van der Waals surface area (Å²) < 4.78 is 5.84. The van der Waals surface area contributed by atoms with Crippen LogP contribution in [0.3, 0.4) is 0 Å². The number of nitrogens with zero attached hydrogens (tertiary/aromatic N) is 2. The molecular formula is C18H22N2O4. The molecule has 6 nitrogen and oxygen atoms in total. The maximum absolute atomic E-state index is 10.7. The van der Waals surface area contributed by atoms with Crippen LogP contribution in [0.5, 0.6) is 11.5 Å². The molecule has 1 fully saturated rings. The van der Waals surface area contributed by atoms with E-state index in [1.165, 1.54) is 6.07 Å². The van der Waals surface area contributed by atoms with Gasteiger partial charge in [0.15, 0.2) is 0 Å². The van der Waals surface area contributed by atoms with Gasteiger partial charge in [0.25, 0.3) is 0 Å². The van der Waals surface area contributed by atoms with Crippen molar-refractivity contribution >= 4 is 5.69 Å². The summed E-state index contributed by atoms with van der Waals surface area (Å²) in [6.07, 6.45) is 4.82. The van der Waals surface area contributed by atoms with Crippen molar-refractivity contribution in [3.63, 3.8) is 0 Å². The number of aromatic hydroxyl groups is 1. The number of ether oxygens (including phenoxy) is 1. The van der Waals surface area contributed by atoms with Crippen molar-refractivity contribution in [3.8, 4) is 11.5 Å². The average molecular weight is 330 g/mol. The lowest BCUT2D eigenvalue weighted by atomic mass is 10.1. The van der Waals surface area contributed by atoms with E-state index in [-0.39, 0.29) is 18.4 Å². The first-order chi connectivity index (χ1) is 11.5. The summed E-state index contributed by atoms with van der Waals surface area (Å²) in [7, 11) is 0. The van der Waals surface area contributed by atoms with Gasteiger partial charge in [0, 0.05) is 6.20 Å². The molecule has 0 saturated carbocycles. The van der Waals surface area contributed by atoms with Gasteiger partial charge in [0.1, 0.15) is 23.8 Å². The zero-order valence-electron chi connectivity index (χ0n) is 13.6. The van der Waals surface area contributed by atoms with Crippen LogP contribution in [0.25, 0.3) is 0 Å². The lowest BCUT2D eigenvalue weighted by Crippen LogP contribution is -2.47. The Kier molecular flexibility index (Phi) is 4.59. The monoisotopic (exact) mass is 330 g/mol. The molecule has 3 rings (SSSR count). The SMILES string of the molecule is CC1(O)CC[C@@H](COc2cccc(O)c2CO)N1c1cccnc1. The molecule has 2 atom stereocenters. The number of phenols is 1. The third kappa shape index (κ3) is 3.16. The first kappa shape index (κ1) is 16.5. The number of anilines is 1. The number of aliphatic hydroxyl groups is 2. The number of benzene rings is 1. The van der Waals surface area contributed by atoms with E-state index in [9.17, 15) is 15.3 Å². The molecule has 24 heavy (non-hydrogen) atoms. The second-order valence-corrected chi connectivity index (χ2v) is 6.21. The first-order valence-electron chi connectivity index (χ1n) is 7.99. The van der Waals surface area contributed by atoms with Gasteiger partial charge in [-0.25, -0.2) is 0 Å². The Morgan fingerprint density at radius 1 is 1.33 bits per heavy atom. The molecule has 3 N–H and O–H groups in total. The molecule has 1 saturated heterocycles. The molecule has 1 aromatic carbocycles. The molecule has 1 aromatic heterocycles. The van der Waals surface area contributed by atoms with Gasteiger partial charge in [-0.3, -0.25) is 4.98 Å². The van der Waals surface area contributed by atoms with Crippen molar-refractivity contribution in [2.75, 3.05) is 11.5 Å². The molecule has 0 aliphatic carbocycles. The highest BCUT2D eigenvalue weighted by Gasteiger charge is 2.41. The van der Waals surface area contributed by atoms with Gasteiger partial charge in [-0.2, -0.15) is 0 Å². The fourth-order valence-corrected chi connectivity index (χ4v) is 3.26. The van der Waals surface area contributed by atoms with Crippen LogP contribution in [-0.2, 0) is 6.61 Å². The van der Waals surface area contributed by atoms with Gasteiger partial charge < -0.3 is 25.0 Å². The molecular weight excluding hydrogens is 308 g/mol. The molecule has 6 heteroatoms. The summed E-state index contributed by atoms with van der Waals surface area (Å²) in [6, 6.07) is 8.62. The third-order valence-corrected chi connectivity index (χ3v) is 4.46. The number of aromatic nitrogens is 1. The van der Waals surface area contributed by atoms with Crippen LogP contribution in [-0.4, -0.2) is 38.7 Å². The Balaban J connectivity index is 1.79. The van der Waals surface area contributed by atoms with Crippen molar-refractivity contribution in [1.29, 1.82) is 0 Å². The van der Waals surface area contributed by atoms with E-state index in [4.69, 9.17) is 4.74 Å². The van der Waals surface area contributed by atoms with Gasteiger partial charge in [-0.05, 0) is 44.0 Å². The molecule has 1 aliphatic rings. The molecule has 2 aromatic rings. The number of hydrogen-bond donors (Lipinski definition) is 3. The molecule has 0 spiro atoms. The lowest BCUT2D eigenvalue weighted by molar-refractivity contribution is 0.0669. The highest BCUT2D eigenvalue weighted by Crippen LogP contribution is 2.37. The number of rotatable bonds is 5. The topological polar surface area (TPSA) is 86.0 Å². The normalized spacial score (nSPS) is 23.5. The Morgan fingerprint density at radius 2 is 2.17 bits per heavy atom. The van der Waals surface area contributed by atoms with Crippen molar-refractivity contribution in [2.24, 2.45) is 0 Å². The van der Waals surface area contributed by atoms with E-state index in [0.717, 1.165) is 12.1 Å². The maximum atomic E-state index is 10.7. The Hall–Kier alpha value is -2.31. The fraction of sp³-hybridized carbons (Fsp3) is 0.389. The smallest absolute Gasteiger partial charge is 0.135 e. The minimum absolute atomic E-state index is 0.0116. The number of aliphatic hydroxyl groups excluding tert-OH is 1. The quantitative estimate of drug-likeness (QED) is 0.778. The summed E-state index contributed by atoms with van der Waals surface area (Å²) in [5, 5.41) is 29.9. The van der Waals surface area contributed by atoms with Crippen LogP contribution in [0.1, 0.15) is 25.3 Å².